The maximum Gasteiger partial charge on any atom is 0.276 e. The van der Waals surface area contributed by atoms with Gasteiger partial charge >= 0.3 is 0 Å². The number of unbranched alkanes of at least 4 members (excludes halogenated alkanes) is 2. The molecule has 1 aromatic carbocycles. The highest BCUT2D eigenvalue weighted by atomic mass is 79.9. The van der Waals surface area contributed by atoms with E-state index < -0.39 is 5.91 Å². The number of nitrogens with one attached hydrogen (secondary N) is 3. The molecule has 132 valence electrons. The van der Waals surface area contributed by atoms with Gasteiger partial charge in [0, 0.05) is 6.42 Å². The van der Waals surface area contributed by atoms with Crippen LogP contribution in [0.1, 0.15) is 38.2 Å². The van der Waals surface area contributed by atoms with E-state index in [-0.39, 0.29) is 17.6 Å². The van der Waals surface area contributed by atoms with Gasteiger partial charge in [0.15, 0.2) is 11.7 Å². The van der Waals surface area contributed by atoms with Crippen molar-refractivity contribution in [3.63, 3.8) is 0 Å². The molecule has 24 heavy (non-hydrogen) atoms. The van der Waals surface area contributed by atoms with Gasteiger partial charge < -0.3 is 10.1 Å². The number of carbonyl (C=O) groups excluding carboxylic acids is 2. The van der Waals surface area contributed by atoms with E-state index in [9.17, 15) is 9.59 Å². The third kappa shape index (κ3) is 8.26. The molecule has 2 amide bonds. The lowest BCUT2D eigenvalue weighted by Gasteiger charge is -2.12. The first-order valence-corrected chi connectivity index (χ1v) is 8.90. The highest BCUT2D eigenvalue weighted by Gasteiger charge is 2.08. The van der Waals surface area contributed by atoms with Crippen LogP contribution in [0.4, 0.5) is 0 Å². The molecule has 0 unspecified atom stereocenters. The number of halogens is 1. The fraction of sp³-hybridized carbons (Fsp3) is 0.438. The van der Waals surface area contributed by atoms with Gasteiger partial charge in [-0.2, -0.15) is 0 Å². The van der Waals surface area contributed by atoms with Gasteiger partial charge in [0.1, 0.15) is 5.75 Å². The van der Waals surface area contributed by atoms with Gasteiger partial charge in [-0.25, -0.2) is 0 Å². The zero-order chi connectivity index (χ0) is 17.9. The monoisotopic (exact) mass is 415 g/mol. The summed E-state index contributed by atoms with van der Waals surface area (Å²) in [6.07, 6.45) is 3.27. The van der Waals surface area contributed by atoms with Crippen LogP contribution in [-0.4, -0.2) is 23.5 Å². The van der Waals surface area contributed by atoms with Crippen LogP contribution in [0.5, 0.6) is 5.75 Å². The standard InChI is InChI=1S/C16H22BrN3O3S/c1-3-4-5-6-14(21)18-16(24)20-19-15(22)10-23-13-8-7-11(2)9-12(13)17/h7-9H,3-6,10H2,1-2H3,(H,19,22)(H2,18,20,21,24). The van der Waals surface area contributed by atoms with Gasteiger partial charge in [0.2, 0.25) is 5.91 Å². The van der Waals surface area contributed by atoms with Gasteiger partial charge in [-0.15, -0.1) is 0 Å². The summed E-state index contributed by atoms with van der Waals surface area (Å²) in [5.41, 5.74) is 5.93. The van der Waals surface area contributed by atoms with E-state index in [4.69, 9.17) is 17.0 Å². The Kier molecular flexibility index (Phi) is 9.33. The number of hydrogen-bond acceptors (Lipinski definition) is 4. The van der Waals surface area contributed by atoms with E-state index in [1.165, 1.54) is 0 Å². The first-order valence-electron chi connectivity index (χ1n) is 7.70. The van der Waals surface area contributed by atoms with Crippen LogP contribution in [0.15, 0.2) is 22.7 Å². The maximum absolute atomic E-state index is 11.7. The molecule has 3 N–H and O–H groups in total. The lowest BCUT2D eigenvalue weighted by atomic mass is 10.2. The zero-order valence-corrected chi connectivity index (χ0v) is 16.2. The van der Waals surface area contributed by atoms with Crippen molar-refractivity contribution >= 4 is 45.1 Å². The van der Waals surface area contributed by atoms with Crippen molar-refractivity contribution in [3.8, 4) is 5.75 Å². The second-order valence-electron chi connectivity index (χ2n) is 5.23. The lowest BCUT2D eigenvalue weighted by molar-refractivity contribution is -0.124. The number of ether oxygens (including phenoxy) is 1. The number of hydrogen-bond donors (Lipinski definition) is 3. The third-order valence-corrected chi connectivity index (χ3v) is 3.85. The molecule has 0 aliphatic carbocycles. The first kappa shape index (κ1) is 20.4. The van der Waals surface area contributed by atoms with E-state index in [1.807, 2.05) is 19.1 Å². The molecule has 0 fully saturated rings. The largest absolute Gasteiger partial charge is 0.483 e. The zero-order valence-electron chi connectivity index (χ0n) is 13.8. The molecule has 0 saturated heterocycles. The molecule has 0 aliphatic rings. The summed E-state index contributed by atoms with van der Waals surface area (Å²) in [6.45, 7) is 3.85. The Balaban J connectivity index is 2.25. The van der Waals surface area contributed by atoms with Crippen molar-refractivity contribution in [2.75, 3.05) is 6.61 Å². The third-order valence-electron chi connectivity index (χ3n) is 3.02. The van der Waals surface area contributed by atoms with Crippen molar-refractivity contribution in [2.45, 2.75) is 39.5 Å². The molecular formula is C16H22BrN3O3S. The molecular weight excluding hydrogens is 394 g/mol. The summed E-state index contributed by atoms with van der Waals surface area (Å²) in [5.74, 6) is -0.0114. The number of carbonyl (C=O) groups is 2. The Morgan fingerprint density at radius 2 is 1.96 bits per heavy atom. The molecule has 0 atom stereocenters. The second kappa shape index (κ2) is 11.0. The Labute approximate surface area is 155 Å². The number of aryl methyl sites for hydroxylation is 1. The summed E-state index contributed by atoms with van der Waals surface area (Å²) in [5, 5.41) is 2.56. The van der Waals surface area contributed by atoms with Crippen LogP contribution in [0.2, 0.25) is 0 Å². The fourth-order valence-electron chi connectivity index (χ4n) is 1.78. The van der Waals surface area contributed by atoms with Gasteiger partial charge in [0.05, 0.1) is 4.47 Å². The SMILES string of the molecule is CCCCCC(=O)NC(=S)NNC(=O)COc1ccc(C)cc1Br. The van der Waals surface area contributed by atoms with Gasteiger partial charge in [-0.3, -0.25) is 20.4 Å². The molecule has 0 aromatic heterocycles. The van der Waals surface area contributed by atoms with Crippen LogP contribution in [0, 0.1) is 6.92 Å². The molecule has 6 nitrogen and oxygen atoms in total. The Bertz CT molecular complexity index is 596. The minimum atomic E-state index is -0.412. The van der Waals surface area contributed by atoms with Crippen molar-refractivity contribution in [3.05, 3.63) is 28.2 Å². The van der Waals surface area contributed by atoms with E-state index in [0.717, 1.165) is 29.3 Å². The molecule has 0 aliphatic heterocycles. The molecule has 0 heterocycles. The molecule has 0 spiro atoms. The smallest absolute Gasteiger partial charge is 0.276 e. The van der Waals surface area contributed by atoms with E-state index >= 15 is 0 Å². The highest BCUT2D eigenvalue weighted by molar-refractivity contribution is 9.10. The Morgan fingerprint density at radius 1 is 1.21 bits per heavy atom. The van der Waals surface area contributed by atoms with Crippen LogP contribution in [0.3, 0.4) is 0 Å². The average Bonchev–Trinajstić information content (AvgIpc) is 2.52. The minimum Gasteiger partial charge on any atom is -0.483 e. The van der Waals surface area contributed by atoms with Gasteiger partial charge in [0.25, 0.3) is 5.91 Å². The summed E-state index contributed by atoms with van der Waals surface area (Å²) in [6, 6.07) is 5.56. The first-order chi connectivity index (χ1) is 11.4. The van der Waals surface area contributed by atoms with E-state index in [0.29, 0.717) is 12.2 Å². The normalized spacial score (nSPS) is 9.96. The van der Waals surface area contributed by atoms with Crippen LogP contribution >= 0.6 is 28.1 Å². The quantitative estimate of drug-likeness (QED) is 0.362. The maximum atomic E-state index is 11.7. The van der Waals surface area contributed by atoms with Crippen LogP contribution < -0.4 is 20.9 Å². The molecule has 1 aromatic rings. The number of thiocarbonyl (C=S) groups is 1. The molecule has 0 bridgehead atoms. The number of benzene rings is 1. The summed E-state index contributed by atoms with van der Waals surface area (Å²) in [7, 11) is 0. The second-order valence-corrected chi connectivity index (χ2v) is 6.49. The summed E-state index contributed by atoms with van der Waals surface area (Å²) in [4.78, 5) is 23.3. The fourth-order valence-corrected chi connectivity index (χ4v) is 2.56. The Hall–Kier alpha value is -1.67. The van der Waals surface area contributed by atoms with Crippen molar-refractivity contribution < 1.29 is 14.3 Å². The van der Waals surface area contributed by atoms with Crippen molar-refractivity contribution in [2.24, 2.45) is 0 Å². The molecule has 1 rings (SSSR count). The number of hydrazine groups is 1. The minimum absolute atomic E-state index is 0.0568. The van der Waals surface area contributed by atoms with E-state index in [1.54, 1.807) is 6.07 Å². The molecule has 0 saturated carbocycles. The van der Waals surface area contributed by atoms with Crippen LogP contribution in [-0.2, 0) is 9.59 Å². The average molecular weight is 416 g/mol. The highest BCUT2D eigenvalue weighted by Crippen LogP contribution is 2.25. The van der Waals surface area contributed by atoms with Crippen molar-refractivity contribution in [1.29, 1.82) is 0 Å². The topological polar surface area (TPSA) is 79.5 Å². The van der Waals surface area contributed by atoms with Gasteiger partial charge in [-0.1, -0.05) is 25.8 Å². The van der Waals surface area contributed by atoms with Crippen LogP contribution in [0.25, 0.3) is 0 Å². The van der Waals surface area contributed by atoms with Gasteiger partial charge in [-0.05, 0) is 59.2 Å². The summed E-state index contributed by atoms with van der Waals surface area (Å²) < 4.78 is 6.18. The number of amides is 2. The van der Waals surface area contributed by atoms with Crippen molar-refractivity contribution in [1.82, 2.24) is 16.2 Å². The lowest BCUT2D eigenvalue weighted by Crippen LogP contribution is -2.49. The predicted molar refractivity (Wildman–Crippen MR) is 101 cm³/mol. The number of rotatable bonds is 7. The predicted octanol–water partition coefficient (Wildman–Crippen LogP) is 2.74. The van der Waals surface area contributed by atoms with E-state index in [2.05, 4.69) is 39.0 Å². The molecule has 8 heteroatoms. The molecule has 0 radical (unpaired) electrons. The summed E-state index contributed by atoms with van der Waals surface area (Å²) >= 11 is 8.31. The Morgan fingerprint density at radius 3 is 2.62 bits per heavy atom.